The van der Waals surface area contributed by atoms with Crippen LogP contribution in [0.4, 0.5) is 16.3 Å². The van der Waals surface area contributed by atoms with Crippen molar-refractivity contribution in [3.8, 4) is 5.75 Å². The summed E-state index contributed by atoms with van der Waals surface area (Å²) in [5.41, 5.74) is 1.73. The van der Waals surface area contributed by atoms with Gasteiger partial charge in [-0.3, -0.25) is 4.90 Å². The summed E-state index contributed by atoms with van der Waals surface area (Å²) in [6.07, 6.45) is 1.79. The molecule has 0 aliphatic heterocycles. The lowest BCUT2D eigenvalue weighted by atomic mass is 10.1. The Bertz CT molecular complexity index is 936. The van der Waals surface area contributed by atoms with Crippen LogP contribution in [0.2, 0.25) is 0 Å². The number of amides is 1. The highest BCUT2D eigenvalue weighted by molar-refractivity contribution is 5.85. The second-order valence-corrected chi connectivity index (χ2v) is 7.20. The molecule has 31 heavy (non-hydrogen) atoms. The number of anilines is 2. The first kappa shape index (κ1) is 22.0. The van der Waals surface area contributed by atoms with Gasteiger partial charge in [0.05, 0.1) is 6.04 Å². The molecule has 1 aromatic heterocycles. The summed E-state index contributed by atoms with van der Waals surface area (Å²) in [7, 11) is 4.00. The second-order valence-electron chi connectivity index (χ2n) is 7.20. The molecule has 1 atom stereocenters. The molecule has 0 bridgehead atoms. The highest BCUT2D eigenvalue weighted by Crippen LogP contribution is 2.27. The second kappa shape index (κ2) is 10.9. The van der Waals surface area contributed by atoms with Crippen LogP contribution in [0.1, 0.15) is 11.6 Å². The standard InChI is InChI=1S/C23H27N5O3/c1-27(2)14-15-31-20-10-8-19(9-11-20)25-16-21(18-6-4-3-5-7-18)28(23(29)30)22-12-13-24-17-26-22/h3-13,17,21,25H,14-16H2,1-2H3,(H,29,30)/t21-/m0/s1. The largest absolute Gasteiger partial charge is 0.492 e. The third-order valence-corrected chi connectivity index (χ3v) is 4.68. The molecule has 0 saturated carbocycles. The quantitative estimate of drug-likeness (QED) is 0.515. The third kappa shape index (κ3) is 6.42. The van der Waals surface area contributed by atoms with Crippen molar-refractivity contribution < 1.29 is 14.6 Å². The van der Waals surface area contributed by atoms with Crippen LogP contribution < -0.4 is 15.0 Å². The van der Waals surface area contributed by atoms with Crippen molar-refractivity contribution in [2.75, 3.05) is 44.0 Å². The van der Waals surface area contributed by atoms with Crippen LogP contribution in [0.25, 0.3) is 0 Å². The fraction of sp³-hybridized carbons (Fsp3) is 0.261. The Morgan fingerprint density at radius 3 is 2.45 bits per heavy atom. The van der Waals surface area contributed by atoms with E-state index < -0.39 is 12.1 Å². The minimum atomic E-state index is -1.08. The van der Waals surface area contributed by atoms with Gasteiger partial charge in [0.1, 0.15) is 24.5 Å². The summed E-state index contributed by atoms with van der Waals surface area (Å²) >= 11 is 0. The lowest BCUT2D eigenvalue weighted by Crippen LogP contribution is -2.38. The van der Waals surface area contributed by atoms with E-state index in [0.717, 1.165) is 23.5 Å². The predicted octanol–water partition coefficient (Wildman–Crippen LogP) is 3.75. The number of ether oxygens (including phenoxy) is 1. The zero-order valence-electron chi connectivity index (χ0n) is 17.7. The minimum Gasteiger partial charge on any atom is -0.492 e. The first-order valence-corrected chi connectivity index (χ1v) is 9.99. The van der Waals surface area contributed by atoms with Gasteiger partial charge in [0.2, 0.25) is 0 Å². The number of carboxylic acid groups (broad SMARTS) is 1. The molecular weight excluding hydrogens is 394 g/mol. The molecule has 2 aromatic carbocycles. The first-order chi connectivity index (χ1) is 15.0. The molecule has 8 nitrogen and oxygen atoms in total. The van der Waals surface area contributed by atoms with Crippen LogP contribution in [0, 0.1) is 0 Å². The Labute approximate surface area is 182 Å². The summed E-state index contributed by atoms with van der Waals surface area (Å²) in [6, 6.07) is 18.2. The van der Waals surface area contributed by atoms with E-state index in [-0.39, 0.29) is 0 Å². The molecule has 0 unspecified atom stereocenters. The van der Waals surface area contributed by atoms with Gasteiger partial charge in [0.15, 0.2) is 0 Å². The molecule has 0 radical (unpaired) electrons. The van der Waals surface area contributed by atoms with Gasteiger partial charge in [0.25, 0.3) is 0 Å². The Balaban J connectivity index is 1.75. The molecule has 0 fully saturated rings. The lowest BCUT2D eigenvalue weighted by Gasteiger charge is -2.29. The molecule has 8 heteroatoms. The molecule has 0 spiro atoms. The zero-order valence-corrected chi connectivity index (χ0v) is 17.7. The number of likely N-dealkylation sites (N-methyl/N-ethyl adjacent to an activating group) is 1. The van der Waals surface area contributed by atoms with Crippen molar-refractivity contribution in [3.05, 3.63) is 78.8 Å². The molecular formula is C23H27N5O3. The first-order valence-electron chi connectivity index (χ1n) is 9.99. The number of aromatic nitrogens is 2. The van der Waals surface area contributed by atoms with Crippen molar-refractivity contribution in [2.24, 2.45) is 0 Å². The van der Waals surface area contributed by atoms with E-state index in [1.165, 1.54) is 17.4 Å². The normalized spacial score (nSPS) is 11.7. The van der Waals surface area contributed by atoms with Gasteiger partial charge in [-0.1, -0.05) is 30.3 Å². The summed E-state index contributed by atoms with van der Waals surface area (Å²) in [5.74, 6) is 1.11. The number of carbonyl (C=O) groups is 1. The van der Waals surface area contributed by atoms with E-state index in [1.54, 1.807) is 6.07 Å². The average molecular weight is 422 g/mol. The van der Waals surface area contributed by atoms with Crippen LogP contribution in [-0.2, 0) is 0 Å². The number of benzene rings is 2. The van der Waals surface area contributed by atoms with Gasteiger partial charge >= 0.3 is 6.09 Å². The number of hydrogen-bond acceptors (Lipinski definition) is 6. The lowest BCUT2D eigenvalue weighted by molar-refractivity contribution is 0.199. The topological polar surface area (TPSA) is 90.8 Å². The fourth-order valence-electron chi connectivity index (χ4n) is 3.08. The van der Waals surface area contributed by atoms with Gasteiger partial charge in [0, 0.05) is 25.0 Å². The van der Waals surface area contributed by atoms with Gasteiger partial charge in [-0.05, 0) is 50.0 Å². The van der Waals surface area contributed by atoms with E-state index >= 15 is 0 Å². The summed E-state index contributed by atoms with van der Waals surface area (Å²) in [5, 5.41) is 13.3. The monoisotopic (exact) mass is 421 g/mol. The van der Waals surface area contributed by atoms with Crippen molar-refractivity contribution >= 4 is 17.6 Å². The number of rotatable bonds is 10. The van der Waals surface area contributed by atoms with Gasteiger partial charge in [-0.2, -0.15) is 0 Å². The number of hydrogen-bond donors (Lipinski definition) is 2. The average Bonchev–Trinajstić information content (AvgIpc) is 2.78. The van der Waals surface area contributed by atoms with Gasteiger partial charge in [-0.15, -0.1) is 0 Å². The molecule has 2 N–H and O–H groups in total. The minimum absolute atomic E-state index is 0.322. The summed E-state index contributed by atoms with van der Waals surface area (Å²) in [4.78, 5) is 23.5. The SMILES string of the molecule is CN(C)CCOc1ccc(NC[C@@H](c2ccccc2)N(C(=O)O)c2ccncn2)cc1. The summed E-state index contributed by atoms with van der Waals surface area (Å²) in [6.45, 7) is 1.82. The molecule has 3 aromatic rings. The predicted molar refractivity (Wildman–Crippen MR) is 121 cm³/mol. The van der Waals surface area contributed by atoms with Crippen LogP contribution in [0.15, 0.2) is 73.2 Å². The summed E-state index contributed by atoms with van der Waals surface area (Å²) < 4.78 is 5.72. The molecule has 0 saturated heterocycles. The Morgan fingerprint density at radius 2 is 1.84 bits per heavy atom. The van der Waals surface area contributed by atoms with Crippen molar-refractivity contribution in [3.63, 3.8) is 0 Å². The Hall–Kier alpha value is -3.65. The van der Waals surface area contributed by atoms with Crippen LogP contribution in [0.3, 0.4) is 0 Å². The molecule has 3 rings (SSSR count). The van der Waals surface area contributed by atoms with Gasteiger partial charge < -0.3 is 20.1 Å². The van der Waals surface area contributed by atoms with E-state index in [4.69, 9.17) is 4.74 Å². The van der Waals surface area contributed by atoms with E-state index in [0.29, 0.717) is 19.0 Å². The van der Waals surface area contributed by atoms with Crippen LogP contribution >= 0.6 is 0 Å². The molecule has 1 heterocycles. The maximum Gasteiger partial charge on any atom is 0.413 e. The number of nitrogens with zero attached hydrogens (tertiary/aromatic N) is 4. The molecule has 0 aliphatic carbocycles. The highest BCUT2D eigenvalue weighted by atomic mass is 16.5. The highest BCUT2D eigenvalue weighted by Gasteiger charge is 2.27. The van der Waals surface area contributed by atoms with Crippen LogP contribution in [0.5, 0.6) is 5.75 Å². The Morgan fingerprint density at radius 1 is 1.10 bits per heavy atom. The smallest absolute Gasteiger partial charge is 0.413 e. The fourth-order valence-corrected chi connectivity index (χ4v) is 3.08. The van der Waals surface area contributed by atoms with E-state index in [9.17, 15) is 9.90 Å². The third-order valence-electron chi connectivity index (χ3n) is 4.68. The maximum atomic E-state index is 12.1. The van der Waals surface area contributed by atoms with Crippen molar-refractivity contribution in [1.82, 2.24) is 14.9 Å². The molecule has 162 valence electrons. The van der Waals surface area contributed by atoms with E-state index in [1.807, 2.05) is 68.7 Å². The van der Waals surface area contributed by atoms with Gasteiger partial charge in [-0.25, -0.2) is 14.8 Å². The van der Waals surface area contributed by atoms with Crippen molar-refractivity contribution in [1.29, 1.82) is 0 Å². The number of nitrogens with one attached hydrogen (secondary N) is 1. The zero-order chi connectivity index (χ0) is 22.1. The molecule has 1 amide bonds. The molecule has 0 aliphatic rings. The van der Waals surface area contributed by atoms with Crippen LogP contribution in [-0.4, -0.2) is 59.9 Å². The van der Waals surface area contributed by atoms with E-state index in [2.05, 4.69) is 20.2 Å². The maximum absolute atomic E-state index is 12.1. The van der Waals surface area contributed by atoms with Crippen molar-refractivity contribution in [2.45, 2.75) is 6.04 Å². The Kier molecular flexibility index (Phi) is 7.78.